The first kappa shape index (κ1) is 17.2. The Kier molecular flexibility index (Phi) is 3.13. The number of rotatable bonds is 1. The molecule has 1 spiro atoms. The zero-order valence-corrected chi connectivity index (χ0v) is 17.3. The van der Waals surface area contributed by atoms with Crippen LogP contribution in [0.1, 0.15) is 31.9 Å². The fraction of sp³-hybridized carbons (Fsp3) is 0.500. The molecule has 3 fully saturated rings. The fourth-order valence-electron chi connectivity index (χ4n) is 4.80. The van der Waals surface area contributed by atoms with Gasteiger partial charge in [-0.1, -0.05) is 27.7 Å². The summed E-state index contributed by atoms with van der Waals surface area (Å²) in [5, 5.41) is 10.1. The van der Waals surface area contributed by atoms with E-state index in [4.69, 9.17) is 9.47 Å². The highest BCUT2D eigenvalue weighted by atomic mass is 79.9. The van der Waals surface area contributed by atoms with Crippen LogP contribution in [0.25, 0.3) is 0 Å². The lowest BCUT2D eigenvalue weighted by Crippen LogP contribution is -2.60. The van der Waals surface area contributed by atoms with E-state index in [-0.39, 0.29) is 25.0 Å². The van der Waals surface area contributed by atoms with Crippen LogP contribution in [0.5, 0.6) is 11.5 Å². The van der Waals surface area contributed by atoms with Crippen molar-refractivity contribution in [3.63, 3.8) is 0 Å². The van der Waals surface area contributed by atoms with E-state index in [2.05, 4.69) is 22.0 Å². The number of hydrogen-bond donors (Lipinski definition) is 0. The highest BCUT2D eigenvalue weighted by Crippen LogP contribution is 2.70. The molecule has 27 heavy (non-hydrogen) atoms. The molecule has 0 aromatic heterocycles. The lowest BCUT2D eigenvalue weighted by Gasteiger charge is -2.40. The summed E-state index contributed by atoms with van der Waals surface area (Å²) in [6.45, 7) is 3.67. The molecule has 7 nitrogen and oxygen atoms in total. The number of nitriles is 1. The van der Waals surface area contributed by atoms with Crippen molar-refractivity contribution in [3.8, 4) is 17.6 Å². The van der Waals surface area contributed by atoms with Crippen LogP contribution in [0.2, 0.25) is 0 Å². The van der Waals surface area contributed by atoms with Gasteiger partial charge in [-0.3, -0.25) is 9.59 Å². The number of carbonyl (C=O) groups excluding carboxylic acids is 2. The third kappa shape index (κ3) is 1.74. The van der Waals surface area contributed by atoms with Crippen molar-refractivity contribution >= 4 is 39.5 Å². The summed E-state index contributed by atoms with van der Waals surface area (Å²) in [6, 6.07) is 5.38. The molecule has 9 heteroatoms. The highest BCUT2D eigenvalue weighted by Gasteiger charge is 2.79. The molecule has 0 N–H and O–H groups in total. The molecule has 4 atom stereocenters. The van der Waals surface area contributed by atoms with Gasteiger partial charge in [-0.25, -0.2) is 0 Å². The molecule has 0 radical (unpaired) electrons. The van der Waals surface area contributed by atoms with Crippen LogP contribution in [0.4, 0.5) is 0 Å². The Balaban J connectivity index is 1.77. The zero-order valence-electron chi connectivity index (χ0n) is 14.9. The Morgan fingerprint density at radius 1 is 1.30 bits per heavy atom. The Morgan fingerprint density at radius 3 is 2.74 bits per heavy atom. The maximum atomic E-state index is 13.4. The molecule has 1 aromatic carbocycles. The molecule has 140 valence electrons. The normalized spacial score (nSPS) is 38.6. The van der Waals surface area contributed by atoms with Crippen molar-refractivity contribution in [2.75, 3.05) is 13.8 Å². The minimum atomic E-state index is -1.06. The van der Waals surface area contributed by atoms with E-state index in [9.17, 15) is 14.9 Å². The Bertz CT molecular complexity index is 980. The summed E-state index contributed by atoms with van der Waals surface area (Å²) in [5.41, 5.74) is -0.263. The van der Waals surface area contributed by atoms with E-state index < -0.39 is 21.2 Å². The zero-order chi connectivity index (χ0) is 19.4. The molecular formula is C18H16BrN3O4S. The number of nitrogens with zero attached hydrogens (tertiary/aromatic N) is 3. The van der Waals surface area contributed by atoms with Crippen LogP contribution in [0.15, 0.2) is 16.6 Å². The van der Waals surface area contributed by atoms with Crippen LogP contribution in [0.3, 0.4) is 0 Å². The first-order chi connectivity index (χ1) is 12.7. The molecule has 1 aromatic rings. The van der Waals surface area contributed by atoms with Gasteiger partial charge in [0.2, 0.25) is 6.79 Å². The average molecular weight is 450 g/mol. The lowest BCUT2D eigenvalue weighted by atomic mass is 9.79. The van der Waals surface area contributed by atoms with Gasteiger partial charge >= 0.3 is 0 Å². The van der Waals surface area contributed by atoms with Crippen LogP contribution in [-0.2, 0) is 9.59 Å². The van der Waals surface area contributed by atoms with Gasteiger partial charge in [-0.15, -0.1) is 0 Å². The number of likely N-dealkylation sites (N-methyl/N-ethyl adjacent to an activating group) is 1. The first-order valence-corrected chi connectivity index (χ1v) is 10.1. The molecule has 2 bridgehead atoms. The molecule has 5 rings (SSSR count). The van der Waals surface area contributed by atoms with E-state index >= 15 is 0 Å². The van der Waals surface area contributed by atoms with Gasteiger partial charge in [0.25, 0.3) is 11.8 Å². The van der Waals surface area contributed by atoms with Crippen LogP contribution < -0.4 is 9.47 Å². The smallest absolute Gasteiger partial charge is 0.261 e. The van der Waals surface area contributed by atoms with E-state index in [1.807, 2.05) is 13.0 Å². The summed E-state index contributed by atoms with van der Waals surface area (Å²) < 4.78 is 11.9. The average Bonchev–Trinajstić information content (AvgIpc) is 3.30. The third-order valence-electron chi connectivity index (χ3n) is 6.17. The second-order valence-electron chi connectivity index (χ2n) is 7.71. The second-order valence-corrected chi connectivity index (χ2v) is 10.2. The van der Waals surface area contributed by atoms with Crippen LogP contribution >= 0.6 is 27.7 Å². The maximum Gasteiger partial charge on any atom is 0.261 e. The number of piperazine rings is 1. The van der Waals surface area contributed by atoms with Gasteiger partial charge in [0, 0.05) is 23.5 Å². The fourth-order valence-corrected chi connectivity index (χ4v) is 7.27. The molecular weight excluding hydrogens is 434 g/mol. The molecule has 0 aliphatic carbocycles. The quantitative estimate of drug-likeness (QED) is 0.655. The number of thioether (sulfide) groups is 1. The SMILES string of the molecule is CN1C(=O)C23C[C@](C)(C#N)C(c4c(Br)ccc5c4OCO5)N2C(=O)C1(C)S3. The number of benzene rings is 1. The summed E-state index contributed by atoms with van der Waals surface area (Å²) in [4.78, 5) is 27.7. The molecule has 3 saturated heterocycles. The van der Waals surface area contributed by atoms with E-state index in [1.165, 1.54) is 16.7 Å². The van der Waals surface area contributed by atoms with Gasteiger partial charge in [0.1, 0.15) is 0 Å². The van der Waals surface area contributed by atoms with E-state index in [0.717, 1.165) is 4.47 Å². The summed E-state index contributed by atoms with van der Waals surface area (Å²) in [5.74, 6) is 0.828. The monoisotopic (exact) mass is 449 g/mol. The number of amides is 2. The molecule has 4 aliphatic heterocycles. The van der Waals surface area contributed by atoms with Crippen molar-refractivity contribution in [2.24, 2.45) is 5.41 Å². The number of carbonyl (C=O) groups is 2. The van der Waals surface area contributed by atoms with Crippen molar-refractivity contribution in [1.82, 2.24) is 9.80 Å². The molecule has 4 heterocycles. The Labute approximate surface area is 168 Å². The topological polar surface area (TPSA) is 82.9 Å². The van der Waals surface area contributed by atoms with Crippen LogP contribution in [0, 0.1) is 16.7 Å². The predicted molar refractivity (Wildman–Crippen MR) is 99.7 cm³/mol. The third-order valence-corrected chi connectivity index (χ3v) is 8.56. The van der Waals surface area contributed by atoms with Crippen molar-refractivity contribution in [3.05, 3.63) is 22.2 Å². The second kappa shape index (κ2) is 4.92. The van der Waals surface area contributed by atoms with Gasteiger partial charge in [-0.2, -0.15) is 5.26 Å². The van der Waals surface area contributed by atoms with Gasteiger partial charge < -0.3 is 19.3 Å². The van der Waals surface area contributed by atoms with Gasteiger partial charge in [0.05, 0.1) is 17.5 Å². The number of fused-ring (bicyclic) bond motifs is 2. The molecule has 3 unspecified atom stereocenters. The Hall–Kier alpha value is -1.92. The standard InChI is InChI=1S/C18H16BrN3O4S/c1-16(7-20)6-18-15(24)21(3)17(2,27-18)14(23)22(18)13(16)11-9(19)4-5-10-12(11)26-8-25-10/h4-5,13H,6,8H2,1-3H3/t13?,16-,17?,18?/m1/s1. The summed E-state index contributed by atoms with van der Waals surface area (Å²) in [6.07, 6.45) is 0.271. The number of halogens is 1. The minimum absolute atomic E-state index is 0.0853. The molecule has 0 saturated carbocycles. The van der Waals surface area contributed by atoms with Crippen molar-refractivity contribution in [2.45, 2.75) is 36.1 Å². The lowest BCUT2D eigenvalue weighted by molar-refractivity contribution is -0.159. The Morgan fingerprint density at radius 2 is 2.04 bits per heavy atom. The summed E-state index contributed by atoms with van der Waals surface area (Å²) >= 11 is 4.91. The molecule has 2 amide bonds. The van der Waals surface area contributed by atoms with Crippen molar-refractivity contribution in [1.29, 1.82) is 5.26 Å². The maximum absolute atomic E-state index is 13.4. The number of hydrogen-bond acceptors (Lipinski definition) is 6. The van der Waals surface area contributed by atoms with Gasteiger partial charge in [-0.05, 0) is 26.0 Å². The van der Waals surface area contributed by atoms with Gasteiger partial charge in [0.15, 0.2) is 21.2 Å². The van der Waals surface area contributed by atoms with E-state index in [1.54, 1.807) is 24.9 Å². The van der Waals surface area contributed by atoms with E-state index in [0.29, 0.717) is 17.1 Å². The highest BCUT2D eigenvalue weighted by molar-refractivity contribution is 9.10. The predicted octanol–water partition coefficient (Wildman–Crippen LogP) is 2.61. The molecule has 4 aliphatic rings. The van der Waals surface area contributed by atoms with Crippen LogP contribution in [-0.4, -0.2) is 45.2 Å². The summed E-state index contributed by atoms with van der Waals surface area (Å²) in [7, 11) is 1.66. The van der Waals surface area contributed by atoms with Crippen molar-refractivity contribution < 1.29 is 19.1 Å². The largest absolute Gasteiger partial charge is 0.454 e. The number of ether oxygens (including phenoxy) is 2. The first-order valence-electron chi connectivity index (χ1n) is 8.51. The minimum Gasteiger partial charge on any atom is -0.454 e.